The molecule has 8 nitrogen and oxygen atoms in total. The van der Waals surface area contributed by atoms with Gasteiger partial charge in [-0.25, -0.2) is 13.4 Å². The topological polar surface area (TPSA) is 107 Å². The lowest BCUT2D eigenvalue weighted by atomic mass is 10.1. The molecule has 32 heavy (non-hydrogen) atoms. The second-order valence-corrected chi connectivity index (χ2v) is 10.00. The Labute approximate surface area is 195 Å². The standard InChI is InChI=1S/C21H21Cl2N3O5S/c1-11(13-5-7-14(8-6-13)32(29,30)10-17(27)31-4)25-21(28)16-9-15-19(23)18(22)12(2)24-20(15)26(16)3/h5-9,11H,10H2,1-4H3,(H,25,28). The summed E-state index contributed by atoms with van der Waals surface area (Å²) in [6.07, 6.45) is 0. The highest BCUT2D eigenvalue weighted by Crippen LogP contribution is 2.33. The van der Waals surface area contributed by atoms with Crippen molar-refractivity contribution in [2.45, 2.75) is 24.8 Å². The van der Waals surface area contributed by atoms with Gasteiger partial charge in [-0.05, 0) is 37.6 Å². The molecule has 11 heteroatoms. The van der Waals surface area contributed by atoms with Crippen LogP contribution in [0.25, 0.3) is 11.0 Å². The lowest BCUT2D eigenvalue weighted by molar-refractivity contribution is -0.137. The third-order valence-corrected chi connectivity index (χ3v) is 7.63. The molecule has 3 aromatic rings. The SMILES string of the molecule is COC(=O)CS(=O)(=O)c1ccc(C(C)NC(=O)c2cc3c(Cl)c(Cl)c(C)nc3n2C)cc1. The number of carbonyl (C=O) groups is 2. The van der Waals surface area contributed by atoms with E-state index in [0.717, 1.165) is 7.11 Å². The lowest BCUT2D eigenvalue weighted by Gasteiger charge is -2.15. The van der Waals surface area contributed by atoms with Crippen LogP contribution < -0.4 is 5.32 Å². The molecular formula is C21H21Cl2N3O5S. The van der Waals surface area contributed by atoms with Crippen LogP contribution in [0.2, 0.25) is 10.0 Å². The van der Waals surface area contributed by atoms with Crippen LogP contribution >= 0.6 is 23.2 Å². The monoisotopic (exact) mass is 497 g/mol. The maximum Gasteiger partial charge on any atom is 0.321 e. The second-order valence-electron chi connectivity index (χ2n) is 7.25. The Balaban J connectivity index is 1.81. The molecule has 1 amide bonds. The van der Waals surface area contributed by atoms with Gasteiger partial charge in [0.05, 0.1) is 33.8 Å². The largest absolute Gasteiger partial charge is 0.468 e. The molecule has 0 spiro atoms. The summed E-state index contributed by atoms with van der Waals surface area (Å²) in [5.74, 6) is -1.93. The quantitative estimate of drug-likeness (QED) is 0.521. The van der Waals surface area contributed by atoms with Gasteiger partial charge in [-0.3, -0.25) is 9.59 Å². The van der Waals surface area contributed by atoms with Gasteiger partial charge in [-0.2, -0.15) is 0 Å². The minimum Gasteiger partial charge on any atom is -0.468 e. The first-order valence-corrected chi connectivity index (χ1v) is 11.9. The van der Waals surface area contributed by atoms with Gasteiger partial charge in [-0.15, -0.1) is 0 Å². The van der Waals surface area contributed by atoms with E-state index in [0.29, 0.717) is 38.0 Å². The molecule has 2 aromatic heterocycles. The van der Waals surface area contributed by atoms with Crippen LogP contribution in [0.4, 0.5) is 0 Å². The highest BCUT2D eigenvalue weighted by Gasteiger charge is 2.22. The molecule has 170 valence electrons. The number of esters is 1. The first-order valence-electron chi connectivity index (χ1n) is 9.47. The van der Waals surface area contributed by atoms with Gasteiger partial charge in [0, 0.05) is 12.4 Å². The minimum absolute atomic E-state index is 0.00757. The molecule has 2 heterocycles. The van der Waals surface area contributed by atoms with Crippen molar-refractivity contribution in [1.29, 1.82) is 0 Å². The summed E-state index contributed by atoms with van der Waals surface area (Å²) in [6, 6.07) is 7.14. The van der Waals surface area contributed by atoms with Crippen molar-refractivity contribution >= 4 is 55.9 Å². The third kappa shape index (κ3) is 4.60. The van der Waals surface area contributed by atoms with Crippen molar-refractivity contribution in [3.8, 4) is 0 Å². The summed E-state index contributed by atoms with van der Waals surface area (Å²) in [5.41, 5.74) is 2.13. The van der Waals surface area contributed by atoms with Gasteiger partial charge in [0.1, 0.15) is 11.3 Å². The number of methoxy groups -OCH3 is 1. The molecule has 0 saturated heterocycles. The Hall–Kier alpha value is -2.62. The van der Waals surface area contributed by atoms with Gasteiger partial charge in [-0.1, -0.05) is 35.3 Å². The molecular weight excluding hydrogens is 477 g/mol. The van der Waals surface area contributed by atoms with Crippen molar-refractivity contribution in [2.75, 3.05) is 12.9 Å². The number of amides is 1. The molecule has 3 rings (SSSR count). The molecule has 0 saturated carbocycles. The van der Waals surface area contributed by atoms with Crippen LogP contribution in [-0.4, -0.2) is 42.7 Å². The lowest BCUT2D eigenvalue weighted by Crippen LogP contribution is -2.28. The molecule has 1 atom stereocenters. The predicted octanol–water partition coefficient (Wildman–Crippen LogP) is 3.63. The Morgan fingerprint density at radius 3 is 2.41 bits per heavy atom. The van der Waals surface area contributed by atoms with Crippen LogP contribution in [-0.2, 0) is 26.4 Å². The number of pyridine rings is 1. The van der Waals surface area contributed by atoms with E-state index in [2.05, 4.69) is 15.0 Å². The number of rotatable bonds is 6. The number of carbonyl (C=O) groups excluding carboxylic acids is 2. The average molecular weight is 498 g/mol. The Morgan fingerprint density at radius 1 is 1.19 bits per heavy atom. The third-order valence-electron chi connectivity index (χ3n) is 5.08. The number of fused-ring (bicyclic) bond motifs is 1. The molecule has 0 aliphatic carbocycles. The highest BCUT2D eigenvalue weighted by molar-refractivity contribution is 7.92. The summed E-state index contributed by atoms with van der Waals surface area (Å²) in [7, 11) is -0.974. The van der Waals surface area contributed by atoms with Crippen LogP contribution in [0.1, 0.15) is 34.7 Å². The van der Waals surface area contributed by atoms with E-state index in [1.807, 2.05) is 0 Å². The normalized spacial score (nSPS) is 12.6. The van der Waals surface area contributed by atoms with E-state index in [-0.39, 0.29) is 10.8 Å². The van der Waals surface area contributed by atoms with Crippen molar-refractivity contribution in [3.63, 3.8) is 0 Å². The number of hydrogen-bond acceptors (Lipinski definition) is 6. The number of nitrogens with one attached hydrogen (secondary N) is 1. The summed E-state index contributed by atoms with van der Waals surface area (Å²) in [4.78, 5) is 28.6. The maximum absolute atomic E-state index is 12.9. The maximum atomic E-state index is 12.9. The number of sulfone groups is 1. The Kier molecular flexibility index (Phi) is 6.83. The van der Waals surface area contributed by atoms with E-state index in [1.165, 1.54) is 12.1 Å². The van der Waals surface area contributed by atoms with Crippen molar-refractivity contribution in [2.24, 2.45) is 7.05 Å². The summed E-state index contributed by atoms with van der Waals surface area (Å²) >= 11 is 12.5. The van der Waals surface area contributed by atoms with Crippen LogP contribution in [0.3, 0.4) is 0 Å². The van der Waals surface area contributed by atoms with E-state index in [1.54, 1.807) is 43.7 Å². The highest BCUT2D eigenvalue weighted by atomic mass is 35.5. The van der Waals surface area contributed by atoms with Gasteiger partial charge in [0.15, 0.2) is 15.6 Å². The number of benzene rings is 1. The summed E-state index contributed by atoms with van der Waals surface area (Å²) in [6.45, 7) is 3.50. The number of nitrogens with zero attached hydrogens (tertiary/aromatic N) is 2. The van der Waals surface area contributed by atoms with Gasteiger partial charge in [0.25, 0.3) is 5.91 Å². The summed E-state index contributed by atoms with van der Waals surface area (Å²) in [5, 5.41) is 4.12. The van der Waals surface area contributed by atoms with Gasteiger partial charge >= 0.3 is 5.97 Å². The van der Waals surface area contributed by atoms with Crippen LogP contribution in [0, 0.1) is 6.92 Å². The zero-order valence-corrected chi connectivity index (χ0v) is 20.1. The molecule has 0 bridgehead atoms. The fourth-order valence-electron chi connectivity index (χ4n) is 3.21. The second kappa shape index (κ2) is 9.09. The fraction of sp³-hybridized carbons (Fsp3) is 0.286. The van der Waals surface area contributed by atoms with Crippen molar-refractivity contribution in [1.82, 2.24) is 14.9 Å². The number of aromatic nitrogens is 2. The first-order chi connectivity index (χ1) is 15.0. The average Bonchev–Trinajstić information content (AvgIpc) is 3.08. The number of hydrogen-bond donors (Lipinski definition) is 1. The molecule has 0 aliphatic rings. The van der Waals surface area contributed by atoms with E-state index < -0.39 is 27.6 Å². The van der Waals surface area contributed by atoms with E-state index >= 15 is 0 Å². The van der Waals surface area contributed by atoms with E-state index in [4.69, 9.17) is 23.2 Å². The predicted molar refractivity (Wildman–Crippen MR) is 122 cm³/mol. The van der Waals surface area contributed by atoms with Gasteiger partial charge < -0.3 is 14.6 Å². The molecule has 1 aromatic carbocycles. The van der Waals surface area contributed by atoms with Crippen molar-refractivity contribution in [3.05, 3.63) is 57.3 Å². The van der Waals surface area contributed by atoms with Crippen LogP contribution in [0.15, 0.2) is 35.2 Å². The van der Waals surface area contributed by atoms with E-state index in [9.17, 15) is 18.0 Å². The summed E-state index contributed by atoms with van der Waals surface area (Å²) < 4.78 is 30.5. The molecule has 0 radical (unpaired) electrons. The Bertz CT molecular complexity index is 1320. The molecule has 1 N–H and O–H groups in total. The zero-order valence-electron chi connectivity index (χ0n) is 17.8. The zero-order chi connectivity index (χ0) is 23.8. The number of ether oxygens (including phenoxy) is 1. The molecule has 0 fully saturated rings. The minimum atomic E-state index is -3.81. The number of aryl methyl sites for hydroxylation is 2. The smallest absolute Gasteiger partial charge is 0.321 e. The number of halogens is 2. The van der Waals surface area contributed by atoms with Gasteiger partial charge in [0.2, 0.25) is 0 Å². The Morgan fingerprint density at radius 2 is 1.81 bits per heavy atom. The van der Waals surface area contributed by atoms with Crippen LogP contribution in [0.5, 0.6) is 0 Å². The first kappa shape index (κ1) is 24.0. The molecule has 1 unspecified atom stereocenters. The van der Waals surface area contributed by atoms with Crippen molar-refractivity contribution < 1.29 is 22.7 Å². The fourth-order valence-corrected chi connectivity index (χ4v) is 4.77. The molecule has 0 aliphatic heterocycles.